The molecule has 1 aromatic rings. The van der Waals surface area contributed by atoms with Crippen molar-refractivity contribution in [3.63, 3.8) is 0 Å². The molecule has 0 bridgehead atoms. The molecule has 0 aromatic carbocycles. The maximum Gasteiger partial charge on any atom is 0.247 e. The third-order valence-electron chi connectivity index (χ3n) is 4.27. The number of anilines is 2. The van der Waals surface area contributed by atoms with E-state index in [0.717, 1.165) is 64.2 Å². The molecular weight excluding hydrogens is 280 g/mol. The largest absolute Gasteiger partial charge is 0.379 e. The number of rotatable bonds is 5. The Balaban J connectivity index is 1.49. The van der Waals surface area contributed by atoms with Gasteiger partial charge in [-0.3, -0.25) is 4.90 Å². The zero-order valence-electron chi connectivity index (χ0n) is 13.2. The molecule has 22 heavy (non-hydrogen) atoms. The van der Waals surface area contributed by atoms with Crippen molar-refractivity contribution >= 4 is 11.8 Å². The molecule has 0 saturated carbocycles. The standard InChI is InChI=1S/C15H26N6O/c1-2-4-7-21(6-3-1)15-18-14(13-17-19-15)16-5-8-20-9-11-22-12-10-20/h13H,1-12H2,(H,16,18,19). The van der Waals surface area contributed by atoms with Crippen LogP contribution in [0.25, 0.3) is 0 Å². The Labute approximate surface area is 132 Å². The van der Waals surface area contributed by atoms with Crippen molar-refractivity contribution in [3.8, 4) is 0 Å². The number of nitrogens with one attached hydrogen (secondary N) is 1. The van der Waals surface area contributed by atoms with Crippen molar-refractivity contribution in [3.05, 3.63) is 6.20 Å². The summed E-state index contributed by atoms with van der Waals surface area (Å²) < 4.78 is 5.36. The number of hydrogen-bond acceptors (Lipinski definition) is 7. The van der Waals surface area contributed by atoms with Gasteiger partial charge in [0.25, 0.3) is 0 Å². The predicted octanol–water partition coefficient (Wildman–Crippen LogP) is 0.996. The predicted molar refractivity (Wildman–Crippen MR) is 86.3 cm³/mol. The number of morpholine rings is 1. The van der Waals surface area contributed by atoms with Crippen LogP contribution in [0.2, 0.25) is 0 Å². The van der Waals surface area contributed by atoms with Gasteiger partial charge in [-0.2, -0.15) is 10.1 Å². The molecular formula is C15H26N6O. The molecule has 0 amide bonds. The van der Waals surface area contributed by atoms with E-state index in [0.29, 0.717) is 0 Å². The van der Waals surface area contributed by atoms with E-state index in [1.165, 1.54) is 25.7 Å². The molecule has 0 atom stereocenters. The summed E-state index contributed by atoms with van der Waals surface area (Å²) in [6.07, 6.45) is 6.76. The highest BCUT2D eigenvalue weighted by Gasteiger charge is 2.14. The normalized spacial score (nSPS) is 20.6. The van der Waals surface area contributed by atoms with Gasteiger partial charge < -0.3 is 15.0 Å². The fraction of sp³-hybridized carbons (Fsp3) is 0.800. The lowest BCUT2D eigenvalue weighted by molar-refractivity contribution is 0.0398. The Bertz CT molecular complexity index is 443. The molecule has 7 heteroatoms. The van der Waals surface area contributed by atoms with Crippen LogP contribution in [0, 0.1) is 0 Å². The first-order chi connectivity index (χ1) is 10.9. The Hall–Kier alpha value is -1.47. The minimum atomic E-state index is 0.762. The third kappa shape index (κ3) is 4.51. The van der Waals surface area contributed by atoms with Crippen molar-refractivity contribution in [1.29, 1.82) is 0 Å². The molecule has 2 saturated heterocycles. The summed E-state index contributed by atoms with van der Waals surface area (Å²) in [5.74, 6) is 1.58. The molecule has 0 radical (unpaired) electrons. The Kier molecular flexibility index (Phi) is 5.78. The van der Waals surface area contributed by atoms with Crippen molar-refractivity contribution in [1.82, 2.24) is 20.1 Å². The average Bonchev–Trinajstić information content (AvgIpc) is 2.85. The Morgan fingerprint density at radius 1 is 1.05 bits per heavy atom. The van der Waals surface area contributed by atoms with Gasteiger partial charge >= 0.3 is 0 Å². The van der Waals surface area contributed by atoms with Gasteiger partial charge in [0.05, 0.1) is 19.4 Å². The lowest BCUT2D eigenvalue weighted by Gasteiger charge is -2.26. The second-order valence-electron chi connectivity index (χ2n) is 5.92. The van der Waals surface area contributed by atoms with Gasteiger partial charge in [0.2, 0.25) is 5.95 Å². The van der Waals surface area contributed by atoms with E-state index in [2.05, 4.69) is 30.3 Å². The summed E-state index contributed by atoms with van der Waals surface area (Å²) in [6.45, 7) is 7.68. The van der Waals surface area contributed by atoms with Crippen LogP contribution in [0.4, 0.5) is 11.8 Å². The molecule has 3 heterocycles. The first kappa shape index (κ1) is 15.4. The zero-order valence-corrected chi connectivity index (χ0v) is 13.2. The lowest BCUT2D eigenvalue weighted by atomic mass is 10.2. The molecule has 0 unspecified atom stereocenters. The summed E-state index contributed by atoms with van der Waals surface area (Å²) in [6, 6.07) is 0. The highest BCUT2D eigenvalue weighted by atomic mass is 16.5. The quantitative estimate of drug-likeness (QED) is 0.870. The second-order valence-corrected chi connectivity index (χ2v) is 5.92. The summed E-state index contributed by atoms with van der Waals surface area (Å²) in [4.78, 5) is 9.28. The van der Waals surface area contributed by atoms with Crippen LogP contribution < -0.4 is 10.2 Å². The first-order valence-corrected chi connectivity index (χ1v) is 8.40. The summed E-state index contributed by atoms with van der Waals surface area (Å²) in [7, 11) is 0. The molecule has 2 aliphatic rings. The summed E-state index contributed by atoms with van der Waals surface area (Å²) in [5.41, 5.74) is 0. The maximum absolute atomic E-state index is 5.36. The SMILES string of the molecule is c1nnc(N2CCCCCC2)nc1NCCN1CCOCC1. The van der Waals surface area contributed by atoms with Crippen LogP contribution in [-0.2, 0) is 4.74 Å². The van der Waals surface area contributed by atoms with E-state index in [-0.39, 0.29) is 0 Å². The van der Waals surface area contributed by atoms with E-state index in [1.54, 1.807) is 6.20 Å². The fourth-order valence-electron chi connectivity index (χ4n) is 2.95. The number of nitrogens with zero attached hydrogens (tertiary/aromatic N) is 5. The monoisotopic (exact) mass is 306 g/mol. The minimum absolute atomic E-state index is 0.762. The highest BCUT2D eigenvalue weighted by Crippen LogP contribution is 2.15. The van der Waals surface area contributed by atoms with Crippen LogP contribution in [0.15, 0.2) is 6.20 Å². The molecule has 3 rings (SSSR count). The molecule has 0 aliphatic carbocycles. The van der Waals surface area contributed by atoms with Gasteiger partial charge in [0, 0.05) is 39.3 Å². The number of hydrogen-bond donors (Lipinski definition) is 1. The lowest BCUT2D eigenvalue weighted by Crippen LogP contribution is -2.39. The van der Waals surface area contributed by atoms with E-state index < -0.39 is 0 Å². The van der Waals surface area contributed by atoms with E-state index >= 15 is 0 Å². The van der Waals surface area contributed by atoms with Crippen molar-refractivity contribution in [2.45, 2.75) is 25.7 Å². The van der Waals surface area contributed by atoms with E-state index in [9.17, 15) is 0 Å². The van der Waals surface area contributed by atoms with Crippen LogP contribution >= 0.6 is 0 Å². The summed E-state index contributed by atoms with van der Waals surface area (Å²) >= 11 is 0. The molecule has 2 fully saturated rings. The molecule has 122 valence electrons. The Morgan fingerprint density at radius 2 is 1.82 bits per heavy atom. The van der Waals surface area contributed by atoms with Gasteiger partial charge in [-0.15, -0.1) is 5.10 Å². The van der Waals surface area contributed by atoms with E-state index in [4.69, 9.17) is 4.74 Å². The minimum Gasteiger partial charge on any atom is -0.379 e. The van der Waals surface area contributed by atoms with Crippen LogP contribution in [0.5, 0.6) is 0 Å². The first-order valence-electron chi connectivity index (χ1n) is 8.40. The van der Waals surface area contributed by atoms with E-state index in [1.807, 2.05) is 0 Å². The van der Waals surface area contributed by atoms with Gasteiger partial charge in [-0.1, -0.05) is 12.8 Å². The van der Waals surface area contributed by atoms with Crippen molar-refractivity contribution in [2.75, 3.05) is 62.7 Å². The van der Waals surface area contributed by atoms with Crippen molar-refractivity contribution in [2.24, 2.45) is 0 Å². The maximum atomic E-state index is 5.36. The second kappa shape index (κ2) is 8.24. The highest BCUT2D eigenvalue weighted by molar-refractivity contribution is 5.38. The van der Waals surface area contributed by atoms with Crippen LogP contribution in [0.1, 0.15) is 25.7 Å². The summed E-state index contributed by atoms with van der Waals surface area (Å²) in [5, 5.41) is 11.7. The smallest absolute Gasteiger partial charge is 0.247 e. The van der Waals surface area contributed by atoms with Crippen LogP contribution in [0.3, 0.4) is 0 Å². The van der Waals surface area contributed by atoms with Gasteiger partial charge in [-0.25, -0.2) is 0 Å². The molecule has 0 spiro atoms. The van der Waals surface area contributed by atoms with Gasteiger partial charge in [0.1, 0.15) is 0 Å². The molecule has 7 nitrogen and oxygen atoms in total. The molecule has 1 aromatic heterocycles. The van der Waals surface area contributed by atoms with Crippen molar-refractivity contribution < 1.29 is 4.74 Å². The fourth-order valence-corrected chi connectivity index (χ4v) is 2.95. The molecule has 1 N–H and O–H groups in total. The Morgan fingerprint density at radius 3 is 2.59 bits per heavy atom. The zero-order chi connectivity index (χ0) is 15.0. The topological polar surface area (TPSA) is 66.4 Å². The number of aromatic nitrogens is 3. The number of ether oxygens (including phenoxy) is 1. The molecule has 2 aliphatic heterocycles. The third-order valence-corrected chi connectivity index (χ3v) is 4.27. The van der Waals surface area contributed by atoms with Gasteiger partial charge in [-0.05, 0) is 12.8 Å². The average molecular weight is 306 g/mol. The van der Waals surface area contributed by atoms with Crippen LogP contribution in [-0.4, -0.2) is 72.6 Å². The van der Waals surface area contributed by atoms with Gasteiger partial charge in [0.15, 0.2) is 5.82 Å².